The van der Waals surface area contributed by atoms with Crippen LogP contribution in [0.1, 0.15) is 32.8 Å². The van der Waals surface area contributed by atoms with Gasteiger partial charge in [-0.2, -0.15) is 0 Å². The molecule has 0 N–H and O–H groups in total. The van der Waals surface area contributed by atoms with Gasteiger partial charge >= 0.3 is 17.4 Å². The highest BCUT2D eigenvalue weighted by Gasteiger charge is 2.42. The molecule has 0 radical (unpaired) electrons. The molecule has 1 unspecified atom stereocenters. The number of nitrogens with zero attached hydrogens (tertiary/aromatic N) is 1. The molecule has 1 aliphatic heterocycles. The van der Waals surface area contributed by atoms with Crippen LogP contribution in [0, 0.1) is 0 Å². The van der Waals surface area contributed by atoms with Crippen LogP contribution in [0.5, 0.6) is 11.5 Å². The van der Waals surface area contributed by atoms with Gasteiger partial charge in [0.15, 0.2) is 6.23 Å². The molecule has 1 aliphatic rings. The van der Waals surface area contributed by atoms with Gasteiger partial charge in [-0.3, -0.25) is 0 Å². The number of rotatable bonds is 13. The first-order chi connectivity index (χ1) is 13.9. The van der Waals surface area contributed by atoms with Crippen LogP contribution in [0.2, 0.25) is 12.6 Å². The molecule has 0 saturated heterocycles. The number of hydrogen-bond donors (Lipinski definition) is 0. The summed E-state index contributed by atoms with van der Waals surface area (Å²) < 4.78 is 36.0. The summed E-state index contributed by atoms with van der Waals surface area (Å²) in [5, 5.41) is 0. The van der Waals surface area contributed by atoms with E-state index in [1.54, 1.807) is 0 Å². The van der Waals surface area contributed by atoms with E-state index in [0.717, 1.165) is 36.1 Å². The Hall–Kier alpha value is -0.946. The van der Waals surface area contributed by atoms with E-state index in [9.17, 15) is 0 Å². The van der Waals surface area contributed by atoms with Crippen LogP contribution in [0.25, 0.3) is 0 Å². The molecule has 0 fully saturated rings. The van der Waals surface area contributed by atoms with Crippen molar-refractivity contribution in [2.45, 2.75) is 46.4 Å². The van der Waals surface area contributed by atoms with Crippen LogP contribution in [0.3, 0.4) is 0 Å². The Morgan fingerprint density at radius 2 is 1.72 bits per heavy atom. The van der Waals surface area contributed by atoms with Gasteiger partial charge in [-0.25, -0.2) is 0 Å². The maximum absolute atomic E-state index is 6.29. The van der Waals surface area contributed by atoms with Gasteiger partial charge in [0.1, 0.15) is 11.5 Å². The van der Waals surface area contributed by atoms with E-state index >= 15 is 0 Å². The summed E-state index contributed by atoms with van der Waals surface area (Å²) in [6.07, 6.45) is 1.35. The largest absolute Gasteiger partial charge is 0.540 e. The topological polar surface area (TPSA) is 58.6 Å². The predicted molar refractivity (Wildman–Crippen MR) is 118 cm³/mol. The molecule has 0 bridgehead atoms. The summed E-state index contributed by atoms with van der Waals surface area (Å²) in [5.74, 6) is 1.65. The zero-order valence-electron chi connectivity index (χ0n) is 18.8. The van der Waals surface area contributed by atoms with E-state index in [1.165, 1.54) is 0 Å². The van der Waals surface area contributed by atoms with Gasteiger partial charge in [-0.1, -0.05) is 0 Å². The van der Waals surface area contributed by atoms with Gasteiger partial charge in [0.05, 0.1) is 6.61 Å². The number of hydrogen-bond acceptors (Lipinski definition) is 7. The smallest absolute Gasteiger partial charge is 0.520 e. The third-order valence-electron chi connectivity index (χ3n) is 4.64. The van der Waals surface area contributed by atoms with Crippen molar-refractivity contribution in [3.8, 4) is 11.5 Å². The van der Waals surface area contributed by atoms with Gasteiger partial charge in [0.25, 0.3) is 0 Å². The van der Waals surface area contributed by atoms with E-state index in [0.29, 0.717) is 26.4 Å². The van der Waals surface area contributed by atoms with E-state index in [4.69, 9.17) is 26.9 Å². The minimum absolute atomic E-state index is 0.278. The summed E-state index contributed by atoms with van der Waals surface area (Å²) in [7, 11) is -0.843. The normalized spacial score (nSPS) is 19.1. The lowest BCUT2D eigenvalue weighted by Crippen LogP contribution is -2.51. The van der Waals surface area contributed by atoms with Gasteiger partial charge in [0, 0.05) is 31.4 Å². The highest BCUT2D eigenvalue weighted by atomic mass is 28.4. The van der Waals surface area contributed by atoms with Crippen LogP contribution in [-0.2, 0) is 24.3 Å². The SMILES string of the molecule is CCO[Si](COc1ccc2c(c1)CO[Si](C)(CCCN(C)C)O2)(OCC)OCC. The molecule has 7 nitrogen and oxygen atoms in total. The molecule has 29 heavy (non-hydrogen) atoms. The molecule has 0 aliphatic carbocycles. The molecule has 0 spiro atoms. The van der Waals surface area contributed by atoms with Crippen LogP contribution in [-0.4, -0.2) is 69.0 Å². The van der Waals surface area contributed by atoms with Gasteiger partial charge in [0.2, 0.25) is 0 Å². The molecule has 0 saturated carbocycles. The highest BCUT2D eigenvalue weighted by molar-refractivity contribution is 6.67. The molecule has 0 amide bonds. The summed E-state index contributed by atoms with van der Waals surface area (Å²) in [6.45, 7) is 11.1. The third-order valence-corrected chi connectivity index (χ3v) is 9.99. The average molecular weight is 444 g/mol. The summed E-state index contributed by atoms with van der Waals surface area (Å²) in [4.78, 5) is 2.19. The standard InChI is InChI=1S/C20H37NO6Si2/c1-7-23-29(24-8-2,25-9-3)17-22-19-11-12-20-18(15-19)16-26-28(6,27-20)14-10-13-21(4)5/h11-12,15H,7-10,13-14,16-17H2,1-6H3. The van der Waals surface area contributed by atoms with Crippen molar-refractivity contribution < 1.29 is 26.9 Å². The van der Waals surface area contributed by atoms with E-state index < -0.39 is 17.4 Å². The van der Waals surface area contributed by atoms with Gasteiger partial charge in [-0.05, 0) is 72.6 Å². The molecule has 1 aromatic carbocycles. The average Bonchev–Trinajstić information content (AvgIpc) is 2.66. The first-order valence-electron chi connectivity index (χ1n) is 10.5. The number of ether oxygens (including phenoxy) is 1. The van der Waals surface area contributed by atoms with Crippen LogP contribution >= 0.6 is 0 Å². The number of benzene rings is 1. The molecular formula is C20H37NO6Si2. The molecule has 2 rings (SSSR count). The second-order valence-corrected chi connectivity index (χ2v) is 13.3. The minimum atomic E-state index is -2.84. The molecular weight excluding hydrogens is 406 g/mol. The molecule has 0 aromatic heterocycles. The monoisotopic (exact) mass is 443 g/mol. The van der Waals surface area contributed by atoms with Crippen molar-refractivity contribution in [3.63, 3.8) is 0 Å². The van der Waals surface area contributed by atoms with Gasteiger partial charge < -0.3 is 31.8 Å². The summed E-state index contributed by atoms with van der Waals surface area (Å²) >= 11 is 0. The first-order valence-corrected chi connectivity index (χ1v) is 15.0. The van der Waals surface area contributed by atoms with Crippen LogP contribution in [0.15, 0.2) is 18.2 Å². The maximum Gasteiger partial charge on any atom is 0.540 e. The minimum Gasteiger partial charge on any atom is -0.520 e. The molecule has 9 heteroatoms. The fraction of sp³-hybridized carbons (Fsp3) is 0.700. The van der Waals surface area contributed by atoms with Crippen molar-refractivity contribution in [1.82, 2.24) is 4.90 Å². The Kier molecular flexibility index (Phi) is 9.60. The molecule has 1 heterocycles. The lowest BCUT2D eigenvalue weighted by molar-refractivity contribution is 0.0541. The zero-order chi connectivity index (χ0) is 21.3. The van der Waals surface area contributed by atoms with E-state index in [2.05, 4.69) is 25.5 Å². The Morgan fingerprint density at radius 1 is 1.07 bits per heavy atom. The van der Waals surface area contributed by atoms with Crippen LogP contribution in [0.4, 0.5) is 0 Å². The lowest BCUT2D eigenvalue weighted by Gasteiger charge is -2.34. The number of fused-ring (bicyclic) bond motifs is 1. The molecule has 1 aromatic rings. The van der Waals surface area contributed by atoms with Crippen molar-refractivity contribution in [3.05, 3.63) is 23.8 Å². The second-order valence-electron chi connectivity index (χ2n) is 7.47. The first kappa shape index (κ1) is 24.3. The third kappa shape index (κ3) is 7.35. The fourth-order valence-corrected chi connectivity index (χ4v) is 7.67. The quantitative estimate of drug-likeness (QED) is 0.432. The highest BCUT2D eigenvalue weighted by Crippen LogP contribution is 2.34. The van der Waals surface area contributed by atoms with E-state index in [1.807, 2.05) is 39.0 Å². The molecule has 166 valence electrons. The Morgan fingerprint density at radius 3 is 2.31 bits per heavy atom. The van der Waals surface area contributed by atoms with Crippen molar-refractivity contribution >= 4 is 17.4 Å². The van der Waals surface area contributed by atoms with Crippen molar-refractivity contribution in [1.29, 1.82) is 0 Å². The summed E-state index contributed by atoms with van der Waals surface area (Å²) in [5.41, 5.74) is 1.01. The van der Waals surface area contributed by atoms with Crippen LogP contribution < -0.4 is 9.16 Å². The van der Waals surface area contributed by atoms with Crippen molar-refractivity contribution in [2.24, 2.45) is 0 Å². The Labute approximate surface area is 177 Å². The fourth-order valence-electron chi connectivity index (χ4n) is 3.27. The molecule has 1 atom stereocenters. The maximum atomic E-state index is 6.29. The lowest BCUT2D eigenvalue weighted by atomic mass is 10.2. The van der Waals surface area contributed by atoms with Crippen molar-refractivity contribution in [2.75, 3.05) is 46.7 Å². The second kappa shape index (κ2) is 11.4. The zero-order valence-corrected chi connectivity index (χ0v) is 20.8. The Balaban J connectivity index is 2.00. The Bertz CT molecular complexity index is 616. The summed E-state index contributed by atoms with van der Waals surface area (Å²) in [6, 6.07) is 6.87. The van der Waals surface area contributed by atoms with E-state index in [-0.39, 0.29) is 6.23 Å². The predicted octanol–water partition coefficient (Wildman–Crippen LogP) is 3.59. The van der Waals surface area contributed by atoms with Gasteiger partial charge in [-0.15, -0.1) is 0 Å².